The van der Waals surface area contributed by atoms with Crippen LogP contribution in [0.1, 0.15) is 37.2 Å². The smallest absolute Gasteiger partial charge is 0.223 e. The van der Waals surface area contributed by atoms with Crippen LogP contribution in [-0.2, 0) is 11.2 Å². The van der Waals surface area contributed by atoms with Gasteiger partial charge >= 0.3 is 0 Å². The third kappa shape index (κ3) is 3.34. The molecule has 128 valence electrons. The highest BCUT2D eigenvalue weighted by Crippen LogP contribution is 2.47. The van der Waals surface area contributed by atoms with E-state index in [4.69, 9.17) is 4.42 Å². The van der Waals surface area contributed by atoms with Gasteiger partial charge in [-0.3, -0.25) is 4.79 Å². The molecule has 5 nitrogen and oxygen atoms in total. The molecule has 0 spiro atoms. The summed E-state index contributed by atoms with van der Waals surface area (Å²) in [4.78, 5) is 21.0. The Labute approximate surface area is 146 Å². The van der Waals surface area contributed by atoms with Crippen molar-refractivity contribution in [3.8, 4) is 0 Å². The first-order chi connectivity index (χ1) is 11.7. The molecule has 1 amide bonds. The molecule has 2 atom stereocenters. The summed E-state index contributed by atoms with van der Waals surface area (Å²) in [6, 6.07) is 4.12. The van der Waals surface area contributed by atoms with Gasteiger partial charge in [0.05, 0.1) is 0 Å². The minimum absolute atomic E-state index is 0.228. The maximum atomic E-state index is 12.4. The number of carbonyl (C=O) groups excluding carboxylic acids is 1. The van der Waals surface area contributed by atoms with E-state index in [1.165, 1.54) is 6.42 Å². The molecule has 24 heavy (non-hydrogen) atoms. The Bertz CT molecular complexity index is 689. The van der Waals surface area contributed by atoms with Gasteiger partial charge in [-0.2, -0.15) is 0 Å². The highest BCUT2D eigenvalue weighted by atomic mass is 32.1. The lowest BCUT2D eigenvalue weighted by atomic mass is 10.2. The third-order valence-corrected chi connectivity index (χ3v) is 5.90. The van der Waals surface area contributed by atoms with Crippen molar-refractivity contribution in [2.75, 3.05) is 31.1 Å². The quantitative estimate of drug-likeness (QED) is 0.835. The van der Waals surface area contributed by atoms with Gasteiger partial charge in [-0.1, -0.05) is 6.92 Å². The van der Waals surface area contributed by atoms with Crippen molar-refractivity contribution in [1.82, 2.24) is 9.88 Å². The number of rotatable bonds is 5. The highest BCUT2D eigenvalue weighted by Gasteiger charge is 2.36. The summed E-state index contributed by atoms with van der Waals surface area (Å²) < 4.78 is 5.90. The topological polar surface area (TPSA) is 49.6 Å². The first kappa shape index (κ1) is 15.7. The molecule has 0 aromatic carbocycles. The predicted molar refractivity (Wildman–Crippen MR) is 94.5 cm³/mol. The Kier molecular flexibility index (Phi) is 4.31. The molecule has 3 heterocycles. The number of nitrogens with zero attached hydrogens (tertiary/aromatic N) is 3. The standard InChI is InChI=1S/C18H23N3O2S/c1-13-12-15(13)16-4-2-14(23-16)3-5-17(22)20-7-9-21(10-8-20)18-19-6-11-24-18/h2,4,6,11,13,15H,3,5,7-10,12H2,1H3. The Hall–Kier alpha value is -1.82. The molecule has 2 aromatic rings. The fraction of sp³-hybridized carbons (Fsp3) is 0.556. The van der Waals surface area contributed by atoms with Crippen LogP contribution in [0.5, 0.6) is 0 Å². The van der Waals surface area contributed by atoms with Gasteiger partial charge < -0.3 is 14.2 Å². The van der Waals surface area contributed by atoms with Gasteiger partial charge in [0.25, 0.3) is 0 Å². The molecule has 1 aliphatic heterocycles. The Morgan fingerprint density at radius 3 is 2.79 bits per heavy atom. The van der Waals surface area contributed by atoms with E-state index in [2.05, 4.69) is 22.9 Å². The number of furan rings is 1. The number of hydrogen-bond acceptors (Lipinski definition) is 5. The molecule has 1 saturated carbocycles. The molecular weight excluding hydrogens is 322 g/mol. The molecule has 1 saturated heterocycles. The third-order valence-electron chi connectivity index (χ3n) is 5.06. The lowest BCUT2D eigenvalue weighted by Crippen LogP contribution is -2.48. The van der Waals surface area contributed by atoms with Gasteiger partial charge in [-0.05, 0) is 24.5 Å². The lowest BCUT2D eigenvalue weighted by Gasteiger charge is -2.34. The summed E-state index contributed by atoms with van der Waals surface area (Å²) in [5.74, 6) is 3.63. The average molecular weight is 345 g/mol. The summed E-state index contributed by atoms with van der Waals surface area (Å²) in [6.07, 6.45) is 4.30. The van der Waals surface area contributed by atoms with Gasteiger partial charge in [0.15, 0.2) is 5.13 Å². The second kappa shape index (κ2) is 6.59. The SMILES string of the molecule is CC1CC1c1ccc(CCC(=O)N2CCN(c3nccs3)CC2)o1. The number of hydrogen-bond donors (Lipinski definition) is 0. The zero-order valence-electron chi connectivity index (χ0n) is 14.0. The normalized spacial score (nSPS) is 23.5. The average Bonchev–Trinajstić information content (AvgIpc) is 3.04. The minimum atomic E-state index is 0.228. The number of carbonyl (C=O) groups is 1. The summed E-state index contributed by atoms with van der Waals surface area (Å²) in [5.41, 5.74) is 0. The molecule has 1 aliphatic carbocycles. The molecule has 2 fully saturated rings. The second-order valence-electron chi connectivity index (χ2n) is 6.81. The van der Waals surface area contributed by atoms with Crippen LogP contribution in [0, 0.1) is 5.92 Å². The van der Waals surface area contributed by atoms with E-state index in [1.807, 2.05) is 22.5 Å². The van der Waals surface area contributed by atoms with Crippen LogP contribution in [-0.4, -0.2) is 42.0 Å². The number of aryl methyl sites for hydroxylation is 1. The Balaban J connectivity index is 1.24. The Morgan fingerprint density at radius 1 is 1.33 bits per heavy atom. The molecule has 0 N–H and O–H groups in total. The molecule has 0 radical (unpaired) electrons. The molecule has 4 rings (SSSR count). The van der Waals surface area contributed by atoms with Crippen LogP contribution in [0.3, 0.4) is 0 Å². The second-order valence-corrected chi connectivity index (χ2v) is 7.68. The predicted octanol–water partition coefficient (Wildman–Crippen LogP) is 3.14. The van der Waals surface area contributed by atoms with E-state index in [-0.39, 0.29) is 5.91 Å². The first-order valence-electron chi connectivity index (χ1n) is 8.71. The van der Waals surface area contributed by atoms with Crippen molar-refractivity contribution >= 4 is 22.4 Å². The molecular formula is C18H23N3O2S. The molecule has 0 bridgehead atoms. The van der Waals surface area contributed by atoms with Crippen LogP contribution >= 0.6 is 11.3 Å². The van der Waals surface area contributed by atoms with Gasteiger partial charge in [0.2, 0.25) is 5.91 Å². The van der Waals surface area contributed by atoms with Crippen molar-refractivity contribution in [3.05, 3.63) is 35.2 Å². The number of anilines is 1. The number of piperazine rings is 1. The molecule has 2 unspecified atom stereocenters. The monoisotopic (exact) mass is 345 g/mol. The van der Waals surface area contributed by atoms with E-state index in [0.717, 1.165) is 48.7 Å². The van der Waals surface area contributed by atoms with Gasteiger partial charge in [-0.15, -0.1) is 11.3 Å². The maximum Gasteiger partial charge on any atom is 0.223 e. The van der Waals surface area contributed by atoms with Crippen molar-refractivity contribution in [2.45, 2.75) is 32.1 Å². The minimum Gasteiger partial charge on any atom is -0.466 e. The van der Waals surface area contributed by atoms with Crippen LogP contribution in [0.25, 0.3) is 0 Å². The maximum absolute atomic E-state index is 12.4. The zero-order chi connectivity index (χ0) is 16.5. The van der Waals surface area contributed by atoms with Crippen LogP contribution < -0.4 is 4.90 Å². The largest absolute Gasteiger partial charge is 0.466 e. The van der Waals surface area contributed by atoms with Crippen molar-refractivity contribution in [3.63, 3.8) is 0 Å². The van der Waals surface area contributed by atoms with Gasteiger partial charge in [0.1, 0.15) is 11.5 Å². The Morgan fingerprint density at radius 2 is 2.12 bits per heavy atom. The highest BCUT2D eigenvalue weighted by molar-refractivity contribution is 7.13. The fourth-order valence-corrected chi connectivity index (χ4v) is 4.05. The van der Waals surface area contributed by atoms with E-state index < -0.39 is 0 Å². The van der Waals surface area contributed by atoms with E-state index in [1.54, 1.807) is 11.3 Å². The van der Waals surface area contributed by atoms with Gasteiger partial charge in [0, 0.05) is 56.5 Å². The van der Waals surface area contributed by atoms with Crippen LogP contribution in [0.4, 0.5) is 5.13 Å². The number of amides is 1. The van der Waals surface area contributed by atoms with Crippen molar-refractivity contribution in [2.24, 2.45) is 5.92 Å². The summed E-state index contributed by atoms with van der Waals surface area (Å²) in [6.45, 7) is 5.54. The zero-order valence-corrected chi connectivity index (χ0v) is 14.8. The summed E-state index contributed by atoms with van der Waals surface area (Å²) in [7, 11) is 0. The molecule has 2 aromatic heterocycles. The lowest BCUT2D eigenvalue weighted by molar-refractivity contribution is -0.131. The number of aromatic nitrogens is 1. The van der Waals surface area contributed by atoms with Crippen LogP contribution in [0.2, 0.25) is 0 Å². The van der Waals surface area contributed by atoms with E-state index >= 15 is 0 Å². The van der Waals surface area contributed by atoms with E-state index in [9.17, 15) is 4.79 Å². The first-order valence-corrected chi connectivity index (χ1v) is 9.59. The summed E-state index contributed by atoms with van der Waals surface area (Å²) in [5, 5.41) is 3.05. The van der Waals surface area contributed by atoms with Crippen molar-refractivity contribution in [1.29, 1.82) is 0 Å². The van der Waals surface area contributed by atoms with Crippen LogP contribution in [0.15, 0.2) is 28.1 Å². The van der Waals surface area contributed by atoms with Gasteiger partial charge in [-0.25, -0.2) is 4.98 Å². The number of thiazole rings is 1. The summed E-state index contributed by atoms with van der Waals surface area (Å²) >= 11 is 1.66. The van der Waals surface area contributed by atoms with E-state index in [0.29, 0.717) is 18.8 Å². The van der Waals surface area contributed by atoms with Crippen molar-refractivity contribution < 1.29 is 9.21 Å². The molecule has 6 heteroatoms. The molecule has 2 aliphatic rings. The fourth-order valence-electron chi connectivity index (χ4n) is 3.35.